The molecular weight excluding hydrogens is 553 g/mol. The summed E-state index contributed by atoms with van der Waals surface area (Å²) in [5.41, 5.74) is 0.683. The van der Waals surface area contributed by atoms with Crippen molar-refractivity contribution in [2.75, 3.05) is 17.7 Å². The number of nitrogens with one attached hydrogen (secondary N) is 2. The SMILES string of the molecule is COc1ccc(Nc2nccc(C(Br)C(=O)c3cccc(NC(=O)c4cc(F)ccc4F)c3)n2)cc1F. The molecule has 1 unspecified atom stereocenters. The second kappa shape index (κ2) is 11.2. The summed E-state index contributed by atoms with van der Waals surface area (Å²) in [7, 11) is 1.36. The molecule has 11 heteroatoms. The summed E-state index contributed by atoms with van der Waals surface area (Å²) < 4.78 is 46.2. The monoisotopic (exact) mass is 570 g/mol. The molecule has 3 aromatic carbocycles. The number of alkyl halides is 1. The van der Waals surface area contributed by atoms with Gasteiger partial charge in [-0.25, -0.2) is 23.1 Å². The molecule has 4 rings (SSSR count). The van der Waals surface area contributed by atoms with Gasteiger partial charge in [0.15, 0.2) is 17.3 Å². The molecule has 0 saturated heterocycles. The smallest absolute Gasteiger partial charge is 0.258 e. The summed E-state index contributed by atoms with van der Waals surface area (Å²) in [4.78, 5) is 33.1. The lowest BCUT2D eigenvalue weighted by Gasteiger charge is -2.12. The van der Waals surface area contributed by atoms with Crippen molar-refractivity contribution >= 4 is 44.9 Å². The fourth-order valence-electron chi connectivity index (χ4n) is 3.35. The highest BCUT2D eigenvalue weighted by Gasteiger charge is 2.22. The molecule has 7 nitrogen and oxygen atoms in total. The zero-order valence-corrected chi connectivity index (χ0v) is 20.7. The quantitative estimate of drug-likeness (QED) is 0.193. The fourth-order valence-corrected chi connectivity index (χ4v) is 3.87. The van der Waals surface area contributed by atoms with Gasteiger partial charge in [-0.05, 0) is 48.5 Å². The van der Waals surface area contributed by atoms with Crippen LogP contribution < -0.4 is 15.4 Å². The maximum Gasteiger partial charge on any atom is 0.258 e. The van der Waals surface area contributed by atoms with Gasteiger partial charge >= 0.3 is 0 Å². The van der Waals surface area contributed by atoms with E-state index in [0.29, 0.717) is 11.4 Å². The summed E-state index contributed by atoms with van der Waals surface area (Å²) in [6.07, 6.45) is 1.44. The van der Waals surface area contributed by atoms with Crippen molar-refractivity contribution in [3.05, 3.63) is 107 Å². The number of hydrogen-bond donors (Lipinski definition) is 2. The van der Waals surface area contributed by atoms with Crippen LogP contribution in [-0.2, 0) is 0 Å². The molecule has 4 aromatic rings. The number of nitrogens with zero attached hydrogens (tertiary/aromatic N) is 2. The zero-order valence-electron chi connectivity index (χ0n) is 19.1. The van der Waals surface area contributed by atoms with Gasteiger partial charge in [-0.1, -0.05) is 28.1 Å². The Hall–Kier alpha value is -4.25. The minimum atomic E-state index is -0.879. The summed E-state index contributed by atoms with van der Waals surface area (Å²) in [6.45, 7) is 0. The van der Waals surface area contributed by atoms with Crippen LogP contribution in [0.15, 0.2) is 72.9 Å². The highest BCUT2D eigenvalue weighted by molar-refractivity contribution is 9.09. The van der Waals surface area contributed by atoms with Crippen LogP contribution in [0.25, 0.3) is 0 Å². The van der Waals surface area contributed by atoms with Gasteiger partial charge < -0.3 is 15.4 Å². The van der Waals surface area contributed by atoms with E-state index in [9.17, 15) is 22.8 Å². The number of rotatable bonds is 8. The Balaban J connectivity index is 1.49. The first-order valence-electron chi connectivity index (χ1n) is 10.7. The maximum absolute atomic E-state index is 14.0. The molecule has 188 valence electrons. The molecule has 0 aliphatic carbocycles. The van der Waals surface area contributed by atoms with Crippen molar-refractivity contribution in [1.82, 2.24) is 9.97 Å². The number of ketones is 1. The van der Waals surface area contributed by atoms with Gasteiger partial charge in [0.05, 0.1) is 18.4 Å². The van der Waals surface area contributed by atoms with Crippen LogP contribution in [0, 0.1) is 17.5 Å². The average molecular weight is 571 g/mol. The largest absolute Gasteiger partial charge is 0.494 e. The molecule has 0 radical (unpaired) electrons. The lowest BCUT2D eigenvalue weighted by Crippen LogP contribution is -2.15. The van der Waals surface area contributed by atoms with E-state index in [1.54, 1.807) is 6.07 Å². The van der Waals surface area contributed by atoms with Crippen molar-refractivity contribution in [3.8, 4) is 5.75 Å². The first-order chi connectivity index (χ1) is 17.7. The van der Waals surface area contributed by atoms with Gasteiger partial charge in [-0.2, -0.15) is 0 Å². The number of benzene rings is 3. The molecule has 2 N–H and O–H groups in total. The predicted molar refractivity (Wildman–Crippen MR) is 135 cm³/mol. The molecule has 0 bridgehead atoms. The Morgan fingerprint density at radius 1 is 0.946 bits per heavy atom. The van der Waals surface area contributed by atoms with Gasteiger partial charge in [0, 0.05) is 29.2 Å². The number of methoxy groups -OCH3 is 1. The van der Waals surface area contributed by atoms with Crippen molar-refractivity contribution in [1.29, 1.82) is 0 Å². The Kier molecular flexibility index (Phi) is 7.83. The fraction of sp³-hybridized carbons (Fsp3) is 0.0769. The molecule has 0 fully saturated rings. The van der Waals surface area contributed by atoms with Crippen LogP contribution in [0.5, 0.6) is 5.75 Å². The summed E-state index contributed by atoms with van der Waals surface area (Å²) in [5, 5.41) is 5.33. The normalized spacial score (nSPS) is 11.5. The van der Waals surface area contributed by atoms with Crippen molar-refractivity contribution in [3.63, 3.8) is 0 Å². The Labute approximate surface area is 217 Å². The highest BCUT2D eigenvalue weighted by atomic mass is 79.9. The molecule has 0 aliphatic heterocycles. The van der Waals surface area contributed by atoms with E-state index < -0.39 is 33.7 Å². The topological polar surface area (TPSA) is 93.2 Å². The van der Waals surface area contributed by atoms with Crippen molar-refractivity contribution < 1.29 is 27.5 Å². The first-order valence-corrected chi connectivity index (χ1v) is 11.6. The lowest BCUT2D eigenvalue weighted by molar-refractivity contribution is 0.0987. The number of halogens is 4. The maximum atomic E-state index is 14.0. The van der Waals surface area contributed by atoms with Crippen LogP contribution in [0.1, 0.15) is 31.2 Å². The van der Waals surface area contributed by atoms with Gasteiger partial charge in [-0.3, -0.25) is 9.59 Å². The molecule has 1 atom stereocenters. The van der Waals surface area contributed by atoms with E-state index in [1.165, 1.54) is 55.8 Å². The average Bonchev–Trinajstić information content (AvgIpc) is 2.89. The third-order valence-corrected chi connectivity index (χ3v) is 6.04. The first kappa shape index (κ1) is 25.8. The van der Waals surface area contributed by atoms with Gasteiger partial charge in [-0.15, -0.1) is 0 Å². The van der Waals surface area contributed by atoms with E-state index in [1.807, 2.05) is 0 Å². The second-order valence-electron chi connectivity index (χ2n) is 7.67. The Morgan fingerprint density at radius 3 is 2.51 bits per heavy atom. The Bertz CT molecular complexity index is 1490. The second-order valence-corrected chi connectivity index (χ2v) is 8.58. The zero-order chi connectivity index (χ0) is 26.5. The van der Waals surface area contributed by atoms with Crippen LogP contribution in [0.4, 0.5) is 30.5 Å². The number of amides is 1. The molecule has 0 saturated carbocycles. The number of Topliss-reactive ketones (excluding diaryl/α,β-unsaturated/α-hetero) is 1. The van der Waals surface area contributed by atoms with Crippen LogP contribution in [0.3, 0.4) is 0 Å². The highest BCUT2D eigenvalue weighted by Crippen LogP contribution is 2.28. The van der Waals surface area contributed by atoms with E-state index in [2.05, 4.69) is 36.5 Å². The molecule has 0 aliphatic rings. The summed E-state index contributed by atoms with van der Waals surface area (Å²) in [5.74, 6) is -3.22. The van der Waals surface area contributed by atoms with E-state index in [-0.39, 0.29) is 28.7 Å². The lowest BCUT2D eigenvalue weighted by atomic mass is 10.1. The van der Waals surface area contributed by atoms with E-state index in [4.69, 9.17) is 4.74 Å². The minimum absolute atomic E-state index is 0.0887. The molecule has 1 aromatic heterocycles. The van der Waals surface area contributed by atoms with Crippen LogP contribution in [0.2, 0.25) is 0 Å². The summed E-state index contributed by atoms with van der Waals surface area (Å²) >= 11 is 3.35. The number of carbonyl (C=O) groups is 2. The van der Waals surface area contributed by atoms with Crippen LogP contribution in [-0.4, -0.2) is 28.8 Å². The van der Waals surface area contributed by atoms with Crippen molar-refractivity contribution in [2.24, 2.45) is 0 Å². The molecule has 0 spiro atoms. The van der Waals surface area contributed by atoms with Crippen LogP contribution >= 0.6 is 15.9 Å². The third-order valence-electron chi connectivity index (χ3n) is 5.15. The molecular formula is C26H18BrF3N4O3. The minimum Gasteiger partial charge on any atom is -0.494 e. The number of carbonyl (C=O) groups excluding carboxylic acids is 2. The third kappa shape index (κ3) is 6.12. The molecule has 1 amide bonds. The van der Waals surface area contributed by atoms with Gasteiger partial charge in [0.2, 0.25) is 5.95 Å². The van der Waals surface area contributed by atoms with Gasteiger partial charge in [0.1, 0.15) is 16.5 Å². The number of aromatic nitrogens is 2. The number of hydrogen-bond acceptors (Lipinski definition) is 6. The Morgan fingerprint density at radius 2 is 1.76 bits per heavy atom. The number of anilines is 3. The summed E-state index contributed by atoms with van der Waals surface area (Å²) in [6, 6.07) is 14.3. The number of ether oxygens (including phenoxy) is 1. The molecule has 37 heavy (non-hydrogen) atoms. The van der Waals surface area contributed by atoms with E-state index >= 15 is 0 Å². The van der Waals surface area contributed by atoms with Gasteiger partial charge in [0.25, 0.3) is 5.91 Å². The molecule has 1 heterocycles. The standard InChI is InChI=1S/C26H18BrF3N4O3/c1-37-22-8-6-17(13-20(22)30)33-26-31-10-9-21(34-26)23(27)24(35)14-3-2-4-16(11-14)32-25(36)18-12-15(28)5-7-19(18)29/h2-13,23H,1H3,(H,32,36)(H,31,33,34). The van der Waals surface area contributed by atoms with E-state index in [0.717, 1.165) is 18.2 Å². The predicted octanol–water partition coefficient (Wildman–Crippen LogP) is 6.22. The van der Waals surface area contributed by atoms with Crippen molar-refractivity contribution in [2.45, 2.75) is 4.83 Å².